The maximum Gasteiger partial charge on any atom is 0.394 e. The van der Waals surface area contributed by atoms with Crippen LogP contribution >= 0.6 is 11.9 Å². The van der Waals surface area contributed by atoms with Crippen LogP contribution in [0.2, 0.25) is 0 Å². The summed E-state index contributed by atoms with van der Waals surface area (Å²) in [7, 11) is 0. The van der Waals surface area contributed by atoms with Crippen molar-refractivity contribution < 1.29 is 17.9 Å². The molecule has 1 aromatic heterocycles. The van der Waals surface area contributed by atoms with Gasteiger partial charge in [0, 0.05) is 36.3 Å². The fourth-order valence-corrected chi connectivity index (χ4v) is 8.64. The highest BCUT2D eigenvalue weighted by Gasteiger charge is 2.62. The largest absolute Gasteiger partial charge is 0.477 e. The van der Waals surface area contributed by atoms with Gasteiger partial charge in [0.25, 0.3) is 0 Å². The first-order valence-corrected chi connectivity index (χ1v) is 16.7. The van der Waals surface area contributed by atoms with Gasteiger partial charge in [0.15, 0.2) is 0 Å². The van der Waals surface area contributed by atoms with Gasteiger partial charge in [-0.3, -0.25) is 24.9 Å². The second-order valence-corrected chi connectivity index (χ2v) is 14.7. The number of hydrogen-bond donors (Lipinski definition) is 4. The lowest BCUT2D eigenvalue weighted by Gasteiger charge is -2.49. The van der Waals surface area contributed by atoms with Gasteiger partial charge in [-0.1, -0.05) is 11.9 Å². The Hall–Kier alpha value is -1.05. The summed E-state index contributed by atoms with van der Waals surface area (Å²) in [6, 6.07) is 2.32. The summed E-state index contributed by atoms with van der Waals surface area (Å²) in [4.78, 5) is 2.77. The minimum Gasteiger partial charge on any atom is -0.477 e. The number of fused-ring (bicyclic) bond motifs is 5. The van der Waals surface area contributed by atoms with Crippen LogP contribution in [0.3, 0.4) is 0 Å². The molecular formula is C29H48F3N7OS. The molecule has 12 heteroatoms. The Kier molecular flexibility index (Phi) is 8.89. The van der Waals surface area contributed by atoms with Crippen molar-refractivity contribution in [2.24, 2.45) is 11.3 Å². The second kappa shape index (κ2) is 12.1. The van der Waals surface area contributed by atoms with E-state index in [0.29, 0.717) is 29.4 Å². The number of nitrogens with zero attached hydrogens (tertiary/aromatic N) is 3. The van der Waals surface area contributed by atoms with Crippen LogP contribution in [0.5, 0.6) is 5.88 Å². The summed E-state index contributed by atoms with van der Waals surface area (Å²) in [5.74, 6) is 0.864. The topological polar surface area (TPSA) is 78.4 Å². The van der Waals surface area contributed by atoms with Crippen molar-refractivity contribution in [3.8, 4) is 5.88 Å². The van der Waals surface area contributed by atoms with E-state index in [4.69, 9.17) is 4.74 Å². The van der Waals surface area contributed by atoms with E-state index >= 15 is 0 Å². The lowest BCUT2D eigenvalue weighted by atomic mass is 9.90. The van der Waals surface area contributed by atoms with Crippen molar-refractivity contribution in [3.05, 3.63) is 12.3 Å². The zero-order chi connectivity index (χ0) is 28.7. The number of nitrogens with one attached hydrogen (secondary N) is 4. The quantitative estimate of drug-likeness (QED) is 0.348. The fourth-order valence-electron chi connectivity index (χ4n) is 7.62. The predicted octanol–water partition coefficient (Wildman–Crippen LogP) is 5.11. The Balaban J connectivity index is 1.13. The van der Waals surface area contributed by atoms with Gasteiger partial charge < -0.3 is 10.1 Å². The molecule has 4 saturated heterocycles. The molecule has 4 N–H and O–H groups in total. The maximum absolute atomic E-state index is 13.3. The van der Waals surface area contributed by atoms with E-state index in [-0.39, 0.29) is 43.7 Å². The predicted molar refractivity (Wildman–Crippen MR) is 155 cm³/mol. The van der Waals surface area contributed by atoms with E-state index < -0.39 is 11.6 Å². The average Bonchev–Trinajstić information content (AvgIpc) is 3.49. The lowest BCUT2D eigenvalue weighted by molar-refractivity contribution is -0.190. The first kappa shape index (κ1) is 30.0. The van der Waals surface area contributed by atoms with Gasteiger partial charge in [0.2, 0.25) is 5.88 Å². The highest BCUT2D eigenvalue weighted by molar-refractivity contribution is 7.98. The zero-order valence-electron chi connectivity index (χ0n) is 24.5. The Labute approximate surface area is 246 Å². The summed E-state index contributed by atoms with van der Waals surface area (Å²) >= 11 is 1.85. The molecule has 0 aromatic carbocycles. The van der Waals surface area contributed by atoms with Crippen molar-refractivity contribution in [2.45, 2.75) is 133 Å². The van der Waals surface area contributed by atoms with Gasteiger partial charge in [0.1, 0.15) is 6.17 Å². The van der Waals surface area contributed by atoms with Crippen LogP contribution in [0.25, 0.3) is 0 Å². The van der Waals surface area contributed by atoms with Gasteiger partial charge in [-0.05, 0) is 97.4 Å². The summed E-state index contributed by atoms with van der Waals surface area (Å²) < 4.78 is 51.3. The van der Waals surface area contributed by atoms with E-state index in [2.05, 4.69) is 44.5 Å². The normalized spacial score (nSPS) is 36.1. The van der Waals surface area contributed by atoms with Crippen molar-refractivity contribution in [2.75, 3.05) is 19.7 Å². The van der Waals surface area contributed by atoms with Crippen LogP contribution in [0.4, 0.5) is 13.2 Å². The lowest BCUT2D eigenvalue weighted by Crippen LogP contribution is -2.62. The maximum atomic E-state index is 13.3. The van der Waals surface area contributed by atoms with E-state index in [9.17, 15) is 13.2 Å². The summed E-state index contributed by atoms with van der Waals surface area (Å²) in [6.07, 6.45) is 9.22. The molecule has 5 heterocycles. The molecule has 0 spiro atoms. The molecular weight excluding hydrogens is 551 g/mol. The number of hydrogen-bond acceptors (Lipinski definition) is 8. The third-order valence-electron chi connectivity index (χ3n) is 10.3. The van der Waals surface area contributed by atoms with Crippen LogP contribution in [0.1, 0.15) is 97.1 Å². The highest BCUT2D eigenvalue weighted by Crippen LogP contribution is 2.59. The van der Waals surface area contributed by atoms with E-state index in [0.717, 1.165) is 25.9 Å². The third-order valence-corrected chi connectivity index (χ3v) is 11.3. The summed E-state index contributed by atoms with van der Waals surface area (Å²) in [6.45, 7) is 6.80. The van der Waals surface area contributed by atoms with E-state index in [1.165, 1.54) is 44.9 Å². The van der Waals surface area contributed by atoms with Crippen molar-refractivity contribution >= 4 is 11.9 Å². The van der Waals surface area contributed by atoms with Gasteiger partial charge >= 0.3 is 6.18 Å². The molecule has 1 aliphatic carbocycles. The molecule has 6 atom stereocenters. The molecule has 4 aliphatic heterocycles. The molecule has 8 nitrogen and oxygen atoms in total. The molecule has 2 bridgehead atoms. The van der Waals surface area contributed by atoms with Crippen molar-refractivity contribution in [3.63, 3.8) is 0 Å². The number of aromatic nitrogens is 2. The monoisotopic (exact) mass is 599 g/mol. The SMILES string of the molecule is CC1(C)CCC2CCCNC3CCCC(N3)SNCC3CCC(n4ccc(OCCC5(C(F)(F)F)CC5)n4)NC3N21. The molecule has 0 amide bonds. The first-order chi connectivity index (χ1) is 19.6. The van der Waals surface area contributed by atoms with Crippen LogP contribution in [0, 0.1) is 11.3 Å². The Morgan fingerprint density at radius 1 is 1.05 bits per heavy atom. The van der Waals surface area contributed by atoms with Crippen molar-refractivity contribution in [1.29, 1.82) is 0 Å². The first-order valence-electron chi connectivity index (χ1n) is 15.8. The molecule has 0 radical (unpaired) electrons. The molecule has 6 rings (SSSR count). The standard InChI is InChI=1S/C29H48F3N7OS/c1-27(2)12-10-21-5-4-16-33-22-6-3-7-25(35-22)41-34-19-20-8-9-23(36-26(20)39(21)27)38-17-11-24(37-38)40-18-15-28(13-14-28)29(30,31)32/h11,17,20-23,25-26,33-36H,3-10,12-16,18-19H2,1-2H3. The Morgan fingerprint density at radius 2 is 1.90 bits per heavy atom. The van der Waals surface area contributed by atoms with Gasteiger partial charge in [-0.15, -0.1) is 5.10 Å². The van der Waals surface area contributed by atoms with E-state index in [1.807, 2.05) is 22.8 Å². The molecule has 5 fully saturated rings. The number of piperidine rings is 2. The van der Waals surface area contributed by atoms with E-state index in [1.54, 1.807) is 6.07 Å². The minimum atomic E-state index is -4.15. The number of halogens is 3. The smallest absolute Gasteiger partial charge is 0.394 e. The molecule has 6 unspecified atom stereocenters. The van der Waals surface area contributed by atoms with Crippen LogP contribution in [-0.4, -0.2) is 69.8 Å². The van der Waals surface area contributed by atoms with Gasteiger partial charge in [-0.25, -0.2) is 0 Å². The van der Waals surface area contributed by atoms with Crippen LogP contribution in [0.15, 0.2) is 12.3 Å². The van der Waals surface area contributed by atoms with Crippen LogP contribution < -0.4 is 25.4 Å². The molecule has 1 saturated carbocycles. The molecule has 5 aliphatic rings. The van der Waals surface area contributed by atoms with Gasteiger partial charge in [0.05, 0.1) is 29.7 Å². The Morgan fingerprint density at radius 3 is 2.71 bits per heavy atom. The minimum absolute atomic E-state index is 0.00219. The number of rotatable bonds is 5. The summed E-state index contributed by atoms with van der Waals surface area (Å²) in [5.41, 5.74) is -1.44. The zero-order valence-corrected chi connectivity index (χ0v) is 25.3. The number of alkyl halides is 3. The second-order valence-electron chi connectivity index (χ2n) is 13.6. The van der Waals surface area contributed by atoms with Crippen molar-refractivity contribution in [1.82, 2.24) is 35.4 Å². The molecule has 232 valence electrons. The summed E-state index contributed by atoms with van der Waals surface area (Å²) in [5, 5.41) is 16.6. The molecule has 41 heavy (non-hydrogen) atoms. The van der Waals surface area contributed by atoms with Gasteiger partial charge in [-0.2, -0.15) is 13.2 Å². The fraction of sp³-hybridized carbons (Fsp3) is 0.897. The van der Waals surface area contributed by atoms with Crippen LogP contribution in [-0.2, 0) is 0 Å². The molecule has 1 aromatic rings. The highest BCUT2D eigenvalue weighted by atomic mass is 32.2. The number of ether oxygens (including phenoxy) is 1. The average molecular weight is 600 g/mol. The third kappa shape index (κ3) is 6.72. The Bertz CT molecular complexity index is 1020.